The molecule has 0 aliphatic heterocycles. The van der Waals surface area contributed by atoms with E-state index in [0.29, 0.717) is 17.6 Å². The van der Waals surface area contributed by atoms with Gasteiger partial charge in [0.1, 0.15) is 22.4 Å². The molecule has 2 aromatic rings. The van der Waals surface area contributed by atoms with E-state index in [0.717, 1.165) is 18.6 Å². The number of carbonyl (C=O) groups is 1. The monoisotopic (exact) mass is 321 g/mol. The van der Waals surface area contributed by atoms with Gasteiger partial charge in [-0.25, -0.2) is 14.8 Å². The molecule has 1 aliphatic carbocycles. The molecule has 0 radical (unpaired) electrons. The molecule has 1 saturated carbocycles. The summed E-state index contributed by atoms with van der Waals surface area (Å²) >= 11 is 6.27. The van der Waals surface area contributed by atoms with Crippen molar-refractivity contribution >= 4 is 23.4 Å². The number of rotatable bonds is 5. The SMILES string of the molecule is COC(=O)c1nc(C2CC2)nc(NC(C)c2ccco2)c1Cl. The summed E-state index contributed by atoms with van der Waals surface area (Å²) in [6, 6.07) is 3.53. The van der Waals surface area contributed by atoms with Gasteiger partial charge in [-0.2, -0.15) is 0 Å². The van der Waals surface area contributed by atoms with Crippen molar-refractivity contribution in [1.82, 2.24) is 9.97 Å². The molecule has 0 amide bonds. The molecule has 0 saturated heterocycles. The first-order valence-electron chi connectivity index (χ1n) is 7.05. The van der Waals surface area contributed by atoms with Gasteiger partial charge in [-0.15, -0.1) is 0 Å². The van der Waals surface area contributed by atoms with Crippen molar-refractivity contribution in [3.05, 3.63) is 40.7 Å². The number of nitrogens with one attached hydrogen (secondary N) is 1. The number of hydrogen-bond acceptors (Lipinski definition) is 6. The van der Waals surface area contributed by atoms with Crippen LogP contribution in [0.15, 0.2) is 22.8 Å². The van der Waals surface area contributed by atoms with E-state index in [1.165, 1.54) is 7.11 Å². The van der Waals surface area contributed by atoms with Crippen LogP contribution in [0.3, 0.4) is 0 Å². The number of aromatic nitrogens is 2. The number of methoxy groups -OCH3 is 1. The molecule has 1 aliphatic rings. The maximum atomic E-state index is 11.9. The summed E-state index contributed by atoms with van der Waals surface area (Å²) in [5, 5.41) is 3.33. The lowest BCUT2D eigenvalue weighted by Gasteiger charge is -2.15. The molecule has 3 rings (SSSR count). The molecule has 1 N–H and O–H groups in total. The van der Waals surface area contributed by atoms with Crippen molar-refractivity contribution in [2.45, 2.75) is 31.7 Å². The Balaban J connectivity index is 1.94. The summed E-state index contributed by atoms with van der Waals surface area (Å²) in [5.74, 6) is 1.52. The third-order valence-electron chi connectivity index (χ3n) is 3.51. The maximum Gasteiger partial charge on any atom is 0.358 e. The minimum atomic E-state index is -0.567. The van der Waals surface area contributed by atoms with Gasteiger partial charge in [0, 0.05) is 5.92 Å². The molecule has 2 aromatic heterocycles. The standard InChI is InChI=1S/C15H16ClN3O3/c1-8(10-4-3-7-22-10)17-14-11(16)12(15(20)21-2)18-13(19-14)9-5-6-9/h3-4,7-9H,5-6H2,1-2H3,(H,17,18,19). The van der Waals surface area contributed by atoms with E-state index in [9.17, 15) is 4.79 Å². The number of anilines is 1. The smallest absolute Gasteiger partial charge is 0.358 e. The summed E-state index contributed by atoms with van der Waals surface area (Å²) < 4.78 is 10.1. The summed E-state index contributed by atoms with van der Waals surface area (Å²) in [7, 11) is 1.30. The number of furan rings is 1. The van der Waals surface area contributed by atoms with Crippen LogP contribution in [0.25, 0.3) is 0 Å². The van der Waals surface area contributed by atoms with Crippen molar-refractivity contribution < 1.29 is 13.9 Å². The number of hydrogen-bond donors (Lipinski definition) is 1. The van der Waals surface area contributed by atoms with Gasteiger partial charge in [-0.05, 0) is 31.9 Å². The fraction of sp³-hybridized carbons (Fsp3) is 0.400. The van der Waals surface area contributed by atoms with E-state index in [-0.39, 0.29) is 16.8 Å². The molecule has 6 nitrogen and oxygen atoms in total. The minimum absolute atomic E-state index is 0.0928. The normalized spacial score (nSPS) is 15.4. The molecule has 1 fully saturated rings. The largest absolute Gasteiger partial charge is 0.467 e. The molecular formula is C15H16ClN3O3. The molecule has 7 heteroatoms. The fourth-order valence-electron chi connectivity index (χ4n) is 2.13. The zero-order valence-electron chi connectivity index (χ0n) is 12.3. The first kappa shape index (κ1) is 14.8. The van der Waals surface area contributed by atoms with Crippen LogP contribution < -0.4 is 5.32 Å². The van der Waals surface area contributed by atoms with Gasteiger partial charge in [0.2, 0.25) is 0 Å². The third-order valence-corrected chi connectivity index (χ3v) is 3.87. The van der Waals surface area contributed by atoms with E-state index in [4.69, 9.17) is 20.8 Å². The first-order chi connectivity index (χ1) is 10.6. The number of halogens is 1. The lowest BCUT2D eigenvalue weighted by atomic mass is 10.2. The van der Waals surface area contributed by atoms with Crippen molar-refractivity contribution in [1.29, 1.82) is 0 Å². The molecule has 0 spiro atoms. The van der Waals surface area contributed by atoms with Crippen LogP contribution in [-0.2, 0) is 4.74 Å². The Morgan fingerprint density at radius 3 is 2.86 bits per heavy atom. The lowest BCUT2D eigenvalue weighted by Crippen LogP contribution is -2.14. The van der Waals surface area contributed by atoms with Crippen LogP contribution in [0, 0.1) is 0 Å². The number of nitrogens with zero attached hydrogens (tertiary/aromatic N) is 2. The lowest BCUT2D eigenvalue weighted by molar-refractivity contribution is 0.0593. The average molecular weight is 322 g/mol. The third kappa shape index (κ3) is 2.92. The number of carbonyl (C=O) groups excluding carboxylic acids is 1. The van der Waals surface area contributed by atoms with Crippen LogP contribution in [0.5, 0.6) is 0 Å². The zero-order valence-corrected chi connectivity index (χ0v) is 13.1. The average Bonchev–Trinajstić information content (AvgIpc) is 3.22. The second-order valence-electron chi connectivity index (χ2n) is 5.24. The Labute approximate surface area is 132 Å². The molecule has 22 heavy (non-hydrogen) atoms. The van der Waals surface area contributed by atoms with Crippen LogP contribution >= 0.6 is 11.6 Å². The molecule has 2 heterocycles. The summed E-state index contributed by atoms with van der Waals surface area (Å²) in [5.41, 5.74) is 0.0928. The Morgan fingerprint density at radius 2 is 2.27 bits per heavy atom. The number of esters is 1. The second-order valence-corrected chi connectivity index (χ2v) is 5.62. The van der Waals surface area contributed by atoms with Gasteiger partial charge < -0.3 is 14.5 Å². The zero-order chi connectivity index (χ0) is 15.7. The van der Waals surface area contributed by atoms with E-state index < -0.39 is 5.97 Å². The van der Waals surface area contributed by atoms with Crippen molar-refractivity contribution in [2.75, 3.05) is 12.4 Å². The maximum absolute atomic E-state index is 11.9. The van der Waals surface area contributed by atoms with Gasteiger partial charge in [0.05, 0.1) is 19.4 Å². The highest BCUT2D eigenvalue weighted by Gasteiger charge is 2.30. The number of ether oxygens (including phenoxy) is 1. The highest BCUT2D eigenvalue weighted by Crippen LogP contribution is 2.40. The van der Waals surface area contributed by atoms with Gasteiger partial charge >= 0.3 is 5.97 Å². The minimum Gasteiger partial charge on any atom is -0.467 e. The van der Waals surface area contributed by atoms with Crippen LogP contribution in [0.2, 0.25) is 5.02 Å². The second kappa shape index (κ2) is 5.96. The van der Waals surface area contributed by atoms with E-state index in [2.05, 4.69) is 15.3 Å². The summed E-state index contributed by atoms with van der Waals surface area (Å²) in [6.07, 6.45) is 3.65. The Morgan fingerprint density at radius 1 is 1.50 bits per heavy atom. The highest BCUT2D eigenvalue weighted by atomic mass is 35.5. The van der Waals surface area contributed by atoms with Crippen molar-refractivity contribution in [3.8, 4) is 0 Å². The Kier molecular flexibility index (Phi) is 4.02. The van der Waals surface area contributed by atoms with Gasteiger partial charge in [-0.1, -0.05) is 11.6 Å². The molecule has 0 aromatic carbocycles. The van der Waals surface area contributed by atoms with Crippen molar-refractivity contribution in [3.63, 3.8) is 0 Å². The van der Waals surface area contributed by atoms with E-state index >= 15 is 0 Å². The van der Waals surface area contributed by atoms with E-state index in [1.807, 2.05) is 19.1 Å². The summed E-state index contributed by atoms with van der Waals surface area (Å²) in [6.45, 7) is 1.92. The summed E-state index contributed by atoms with van der Waals surface area (Å²) in [4.78, 5) is 20.6. The molecule has 0 bridgehead atoms. The van der Waals surface area contributed by atoms with Crippen LogP contribution in [-0.4, -0.2) is 23.0 Å². The molecule has 1 atom stereocenters. The van der Waals surface area contributed by atoms with E-state index in [1.54, 1.807) is 6.26 Å². The quantitative estimate of drug-likeness (QED) is 0.848. The van der Waals surface area contributed by atoms with Crippen LogP contribution in [0.1, 0.15) is 53.8 Å². The van der Waals surface area contributed by atoms with Gasteiger partial charge in [0.15, 0.2) is 5.69 Å². The van der Waals surface area contributed by atoms with Crippen molar-refractivity contribution in [2.24, 2.45) is 0 Å². The van der Waals surface area contributed by atoms with Gasteiger partial charge in [0.25, 0.3) is 0 Å². The molecule has 116 valence electrons. The topological polar surface area (TPSA) is 77.2 Å². The fourth-order valence-corrected chi connectivity index (χ4v) is 2.35. The predicted octanol–water partition coefficient (Wildman–Crippen LogP) is 3.56. The molecule has 1 unspecified atom stereocenters. The van der Waals surface area contributed by atoms with Crippen LogP contribution in [0.4, 0.5) is 5.82 Å². The first-order valence-corrected chi connectivity index (χ1v) is 7.43. The highest BCUT2D eigenvalue weighted by molar-refractivity contribution is 6.35. The predicted molar refractivity (Wildman–Crippen MR) is 81.1 cm³/mol. The Hall–Kier alpha value is -2.08. The molecular weight excluding hydrogens is 306 g/mol. The Bertz CT molecular complexity index is 684. The van der Waals surface area contributed by atoms with Gasteiger partial charge in [-0.3, -0.25) is 0 Å².